The Labute approximate surface area is 167 Å². The van der Waals surface area contributed by atoms with Gasteiger partial charge in [-0.25, -0.2) is 4.98 Å². The smallest absolute Gasteiger partial charge is 0.203 e. The first kappa shape index (κ1) is 17.7. The van der Waals surface area contributed by atoms with Crippen LogP contribution in [0, 0.1) is 11.3 Å². The molecule has 0 amide bonds. The van der Waals surface area contributed by atoms with Gasteiger partial charge in [0, 0.05) is 10.9 Å². The Morgan fingerprint density at radius 1 is 0.893 bits per heavy atom. The third-order valence-electron chi connectivity index (χ3n) is 4.18. The first-order valence-electron chi connectivity index (χ1n) is 8.72. The third-order valence-corrected chi connectivity index (χ3v) is 4.93. The summed E-state index contributed by atoms with van der Waals surface area (Å²) in [7, 11) is 0. The Morgan fingerprint density at radius 2 is 1.68 bits per heavy atom. The number of anilines is 1. The molecule has 0 saturated carbocycles. The van der Waals surface area contributed by atoms with Crippen molar-refractivity contribution in [2.24, 2.45) is 5.10 Å². The molecule has 0 aliphatic heterocycles. The average molecular weight is 380 g/mol. The van der Waals surface area contributed by atoms with E-state index in [1.807, 2.05) is 78.2 Å². The van der Waals surface area contributed by atoms with E-state index >= 15 is 0 Å². The summed E-state index contributed by atoms with van der Waals surface area (Å²) in [6.07, 6.45) is 1.76. The molecule has 1 N–H and O–H groups in total. The summed E-state index contributed by atoms with van der Waals surface area (Å²) in [5, 5.41) is 16.1. The SMILES string of the molecule is N#Cc1cccc(-c2ccc(C=NNc3nc(-c4ccccc4)cs3)cc2)c1. The van der Waals surface area contributed by atoms with Gasteiger partial charge in [0.05, 0.1) is 23.5 Å². The van der Waals surface area contributed by atoms with Crippen molar-refractivity contribution in [2.45, 2.75) is 0 Å². The van der Waals surface area contributed by atoms with Crippen LogP contribution in [-0.2, 0) is 0 Å². The van der Waals surface area contributed by atoms with Crippen molar-refractivity contribution < 1.29 is 0 Å². The number of rotatable bonds is 5. The van der Waals surface area contributed by atoms with Crippen LogP contribution >= 0.6 is 11.3 Å². The maximum absolute atomic E-state index is 9.03. The Balaban J connectivity index is 1.41. The second-order valence-corrected chi connectivity index (χ2v) is 6.95. The largest absolute Gasteiger partial charge is 0.253 e. The number of hydrogen-bond acceptors (Lipinski definition) is 5. The van der Waals surface area contributed by atoms with E-state index in [0.29, 0.717) is 5.56 Å². The zero-order valence-electron chi connectivity index (χ0n) is 14.9. The van der Waals surface area contributed by atoms with Gasteiger partial charge >= 0.3 is 0 Å². The van der Waals surface area contributed by atoms with Gasteiger partial charge in [-0.2, -0.15) is 10.4 Å². The zero-order chi connectivity index (χ0) is 19.2. The number of thiazole rings is 1. The van der Waals surface area contributed by atoms with Gasteiger partial charge in [0.25, 0.3) is 0 Å². The second kappa shape index (κ2) is 8.30. The molecule has 0 spiro atoms. The van der Waals surface area contributed by atoms with Gasteiger partial charge in [-0.05, 0) is 28.8 Å². The van der Waals surface area contributed by atoms with E-state index in [1.165, 1.54) is 11.3 Å². The normalized spacial score (nSPS) is 10.7. The number of aromatic nitrogens is 1. The number of nitrogens with one attached hydrogen (secondary N) is 1. The summed E-state index contributed by atoms with van der Waals surface area (Å²) in [4.78, 5) is 4.55. The fraction of sp³-hybridized carbons (Fsp3) is 0. The first-order chi connectivity index (χ1) is 13.8. The van der Waals surface area contributed by atoms with Crippen LogP contribution in [-0.4, -0.2) is 11.2 Å². The maximum Gasteiger partial charge on any atom is 0.203 e. The predicted octanol–water partition coefficient (Wildman–Crippen LogP) is 5.79. The van der Waals surface area contributed by atoms with Gasteiger partial charge in [-0.1, -0.05) is 66.7 Å². The molecule has 4 rings (SSSR count). The molecule has 0 aliphatic carbocycles. The molecule has 5 heteroatoms. The lowest BCUT2D eigenvalue weighted by Gasteiger charge is -2.02. The lowest BCUT2D eigenvalue weighted by Crippen LogP contribution is -1.90. The van der Waals surface area contributed by atoms with Crippen LogP contribution in [0.2, 0.25) is 0 Å². The van der Waals surface area contributed by atoms with Crippen molar-refractivity contribution in [3.8, 4) is 28.5 Å². The molecule has 4 nitrogen and oxygen atoms in total. The van der Waals surface area contributed by atoms with Crippen LogP contribution in [0.3, 0.4) is 0 Å². The molecule has 134 valence electrons. The number of nitriles is 1. The van der Waals surface area contributed by atoms with Crippen molar-refractivity contribution in [3.63, 3.8) is 0 Å². The summed E-state index contributed by atoms with van der Waals surface area (Å²) in [6, 6.07) is 27.9. The monoisotopic (exact) mass is 380 g/mol. The third kappa shape index (κ3) is 4.14. The topological polar surface area (TPSA) is 61.1 Å². The number of hydrazone groups is 1. The molecule has 0 saturated heterocycles. The van der Waals surface area contributed by atoms with Crippen LogP contribution < -0.4 is 5.43 Å². The van der Waals surface area contributed by atoms with Crippen molar-refractivity contribution in [1.29, 1.82) is 5.26 Å². The van der Waals surface area contributed by atoms with Gasteiger partial charge in [0.15, 0.2) is 0 Å². The van der Waals surface area contributed by atoms with Crippen molar-refractivity contribution >= 4 is 22.7 Å². The Morgan fingerprint density at radius 3 is 2.46 bits per heavy atom. The van der Waals surface area contributed by atoms with Crippen molar-refractivity contribution in [2.75, 3.05) is 5.43 Å². The molecule has 0 aliphatic rings. The molecule has 0 radical (unpaired) electrons. The van der Waals surface area contributed by atoms with E-state index < -0.39 is 0 Å². The minimum atomic E-state index is 0.658. The molecule has 1 aromatic heterocycles. The standard InChI is InChI=1S/C23H16N4S/c24-14-18-5-4-8-21(13-18)19-11-9-17(10-12-19)15-25-27-23-26-22(16-28-23)20-6-2-1-3-7-20/h1-13,15-16H,(H,26,27). The van der Waals surface area contributed by atoms with E-state index in [4.69, 9.17) is 5.26 Å². The molecular formula is C23H16N4S. The van der Waals surface area contributed by atoms with E-state index in [2.05, 4.69) is 21.6 Å². The minimum Gasteiger partial charge on any atom is -0.253 e. The van der Waals surface area contributed by atoms with Gasteiger partial charge in [-0.3, -0.25) is 5.43 Å². The van der Waals surface area contributed by atoms with E-state index in [1.54, 1.807) is 12.3 Å². The van der Waals surface area contributed by atoms with Crippen LogP contribution in [0.4, 0.5) is 5.13 Å². The quantitative estimate of drug-likeness (QED) is 0.352. The number of hydrogen-bond donors (Lipinski definition) is 1. The highest BCUT2D eigenvalue weighted by molar-refractivity contribution is 7.14. The molecular weight excluding hydrogens is 364 g/mol. The van der Waals surface area contributed by atoms with E-state index in [0.717, 1.165) is 33.1 Å². The first-order valence-corrected chi connectivity index (χ1v) is 9.60. The van der Waals surface area contributed by atoms with Crippen LogP contribution in [0.1, 0.15) is 11.1 Å². The highest BCUT2D eigenvalue weighted by Gasteiger charge is 2.03. The van der Waals surface area contributed by atoms with Gasteiger partial charge in [-0.15, -0.1) is 11.3 Å². The van der Waals surface area contributed by atoms with Gasteiger partial charge in [0.2, 0.25) is 5.13 Å². The second-order valence-electron chi connectivity index (χ2n) is 6.09. The van der Waals surface area contributed by atoms with Crippen LogP contribution in [0.25, 0.3) is 22.4 Å². The van der Waals surface area contributed by atoms with Crippen LogP contribution in [0.15, 0.2) is 89.3 Å². The van der Waals surface area contributed by atoms with Gasteiger partial charge < -0.3 is 0 Å². The van der Waals surface area contributed by atoms with Crippen molar-refractivity contribution in [1.82, 2.24) is 4.98 Å². The molecule has 1 heterocycles. The fourth-order valence-corrected chi connectivity index (χ4v) is 3.43. The lowest BCUT2D eigenvalue weighted by atomic mass is 10.0. The summed E-state index contributed by atoms with van der Waals surface area (Å²) < 4.78 is 0. The summed E-state index contributed by atoms with van der Waals surface area (Å²) in [6.45, 7) is 0. The summed E-state index contributed by atoms with van der Waals surface area (Å²) in [5.74, 6) is 0. The predicted molar refractivity (Wildman–Crippen MR) is 115 cm³/mol. The molecule has 4 aromatic rings. The van der Waals surface area contributed by atoms with Crippen molar-refractivity contribution in [3.05, 3.63) is 95.4 Å². The summed E-state index contributed by atoms with van der Waals surface area (Å²) in [5.41, 5.74) is 8.74. The lowest BCUT2D eigenvalue weighted by molar-refractivity contribution is 1.29. The molecule has 0 bridgehead atoms. The maximum atomic E-state index is 9.03. The minimum absolute atomic E-state index is 0.658. The number of nitrogens with zero attached hydrogens (tertiary/aromatic N) is 3. The van der Waals surface area contributed by atoms with Gasteiger partial charge in [0.1, 0.15) is 0 Å². The molecule has 0 atom stereocenters. The molecule has 3 aromatic carbocycles. The highest BCUT2D eigenvalue weighted by Crippen LogP contribution is 2.24. The average Bonchev–Trinajstić information content (AvgIpc) is 3.24. The van der Waals surface area contributed by atoms with Crippen LogP contribution in [0.5, 0.6) is 0 Å². The van der Waals surface area contributed by atoms with E-state index in [9.17, 15) is 0 Å². The Kier molecular flexibility index (Phi) is 5.23. The fourth-order valence-electron chi connectivity index (χ4n) is 2.76. The molecule has 0 fully saturated rings. The Hall–Kier alpha value is -3.75. The zero-order valence-corrected chi connectivity index (χ0v) is 15.7. The number of benzene rings is 3. The molecule has 28 heavy (non-hydrogen) atoms. The highest BCUT2D eigenvalue weighted by atomic mass is 32.1. The molecule has 0 unspecified atom stereocenters. The Bertz CT molecular complexity index is 1140. The van der Waals surface area contributed by atoms with E-state index in [-0.39, 0.29) is 0 Å². The summed E-state index contributed by atoms with van der Waals surface area (Å²) >= 11 is 1.52.